The number of nitrogens with one attached hydrogen (secondary N) is 1. The molecular weight excluding hydrogens is 287 g/mol. The summed E-state index contributed by atoms with van der Waals surface area (Å²) >= 11 is 0. The number of nitrogens with zero attached hydrogens (tertiary/aromatic N) is 4. The Balaban J connectivity index is 2.09. The Morgan fingerprint density at radius 3 is 2.71 bits per heavy atom. The molecule has 1 N–H and O–H groups in total. The lowest BCUT2D eigenvalue weighted by Crippen LogP contribution is -2.48. The summed E-state index contributed by atoms with van der Waals surface area (Å²) in [5, 5.41) is 10.2. The second kappa shape index (κ2) is 6.71. The third-order valence-electron chi connectivity index (χ3n) is 3.54. The van der Waals surface area contributed by atoms with Gasteiger partial charge in [-0.25, -0.2) is 0 Å². The lowest BCUT2D eigenvalue weighted by atomic mass is 10.2. The monoisotopic (exact) mass is 307 g/mol. The standard InChI is InChI=1S/C12H20F3N5O/c1-3-16-6-9(8-21-2)19-4-5-20-10(7-19)17-18-11(20)12(13,14)15/h9,16H,3-8H2,1-2H3. The van der Waals surface area contributed by atoms with Crippen molar-refractivity contribution < 1.29 is 17.9 Å². The van der Waals surface area contributed by atoms with Crippen LogP contribution in [0.25, 0.3) is 0 Å². The van der Waals surface area contributed by atoms with Crippen LogP contribution in [0.2, 0.25) is 0 Å². The van der Waals surface area contributed by atoms with E-state index in [1.807, 2.05) is 6.92 Å². The molecule has 0 spiro atoms. The molecule has 0 saturated carbocycles. The van der Waals surface area contributed by atoms with E-state index in [0.717, 1.165) is 17.7 Å². The van der Waals surface area contributed by atoms with Gasteiger partial charge in [0.2, 0.25) is 5.82 Å². The van der Waals surface area contributed by atoms with Crippen molar-refractivity contribution in [3.05, 3.63) is 11.6 Å². The first-order valence-electron chi connectivity index (χ1n) is 6.90. The van der Waals surface area contributed by atoms with Gasteiger partial charge in [-0.15, -0.1) is 10.2 Å². The molecule has 0 aliphatic carbocycles. The van der Waals surface area contributed by atoms with E-state index < -0.39 is 12.0 Å². The lowest BCUT2D eigenvalue weighted by Gasteiger charge is -2.34. The highest BCUT2D eigenvalue weighted by Crippen LogP contribution is 2.29. The average molecular weight is 307 g/mol. The van der Waals surface area contributed by atoms with Crippen molar-refractivity contribution in [2.75, 3.05) is 33.4 Å². The zero-order chi connectivity index (χ0) is 15.5. The van der Waals surface area contributed by atoms with Gasteiger partial charge in [-0.2, -0.15) is 13.2 Å². The summed E-state index contributed by atoms with van der Waals surface area (Å²) in [6.07, 6.45) is -4.46. The van der Waals surface area contributed by atoms with Crippen LogP contribution in [0.4, 0.5) is 13.2 Å². The second-order valence-electron chi connectivity index (χ2n) is 4.98. The Hall–Kier alpha value is -1.19. The quantitative estimate of drug-likeness (QED) is 0.840. The number of alkyl halides is 3. The molecule has 0 amide bonds. The molecule has 6 nitrogen and oxygen atoms in total. The number of fused-ring (bicyclic) bond motifs is 1. The van der Waals surface area contributed by atoms with Crippen LogP contribution in [0.3, 0.4) is 0 Å². The molecule has 2 heterocycles. The molecule has 1 aliphatic rings. The number of hydrogen-bond donors (Lipinski definition) is 1. The van der Waals surface area contributed by atoms with E-state index in [9.17, 15) is 13.2 Å². The van der Waals surface area contributed by atoms with E-state index in [-0.39, 0.29) is 12.6 Å². The lowest BCUT2D eigenvalue weighted by molar-refractivity contribution is -0.148. The number of rotatable bonds is 6. The smallest absolute Gasteiger partial charge is 0.383 e. The maximum atomic E-state index is 12.8. The third kappa shape index (κ3) is 3.72. The van der Waals surface area contributed by atoms with Crippen molar-refractivity contribution in [1.29, 1.82) is 0 Å². The summed E-state index contributed by atoms with van der Waals surface area (Å²) in [5.74, 6) is -0.557. The highest BCUT2D eigenvalue weighted by atomic mass is 19.4. The molecular formula is C12H20F3N5O. The van der Waals surface area contributed by atoms with Gasteiger partial charge < -0.3 is 14.6 Å². The van der Waals surface area contributed by atoms with E-state index in [1.54, 1.807) is 7.11 Å². The molecule has 0 saturated heterocycles. The fourth-order valence-corrected chi connectivity index (χ4v) is 2.49. The fourth-order valence-electron chi connectivity index (χ4n) is 2.49. The molecule has 1 aliphatic heterocycles. The summed E-state index contributed by atoms with van der Waals surface area (Å²) in [4.78, 5) is 2.08. The first-order chi connectivity index (χ1) is 9.97. The summed E-state index contributed by atoms with van der Waals surface area (Å²) in [5.41, 5.74) is 0. The Bertz CT molecular complexity index is 462. The summed E-state index contributed by atoms with van der Waals surface area (Å²) in [6, 6.07) is 0.106. The van der Waals surface area contributed by atoms with Gasteiger partial charge in [0.05, 0.1) is 13.2 Å². The number of methoxy groups -OCH3 is 1. The van der Waals surface area contributed by atoms with Gasteiger partial charge in [0.1, 0.15) is 5.82 Å². The highest BCUT2D eigenvalue weighted by molar-refractivity contribution is 5.02. The van der Waals surface area contributed by atoms with Crippen molar-refractivity contribution in [1.82, 2.24) is 25.0 Å². The van der Waals surface area contributed by atoms with Crippen LogP contribution in [0.15, 0.2) is 0 Å². The average Bonchev–Trinajstić information content (AvgIpc) is 2.86. The van der Waals surface area contributed by atoms with Crippen LogP contribution in [0, 0.1) is 0 Å². The summed E-state index contributed by atoms with van der Waals surface area (Å²) in [7, 11) is 1.62. The van der Waals surface area contributed by atoms with Crippen LogP contribution >= 0.6 is 0 Å². The van der Waals surface area contributed by atoms with Gasteiger partial charge in [-0.05, 0) is 6.54 Å². The van der Waals surface area contributed by atoms with Gasteiger partial charge >= 0.3 is 6.18 Å². The SMILES string of the molecule is CCNCC(COC)N1CCn2c(nnc2C(F)(F)F)C1. The van der Waals surface area contributed by atoms with Crippen LogP contribution in [-0.4, -0.2) is 59.1 Å². The van der Waals surface area contributed by atoms with Crippen molar-refractivity contribution in [2.24, 2.45) is 0 Å². The molecule has 0 radical (unpaired) electrons. The molecule has 120 valence electrons. The molecule has 0 aromatic carbocycles. The Labute approximate surface area is 121 Å². The molecule has 0 fully saturated rings. The van der Waals surface area contributed by atoms with Crippen molar-refractivity contribution in [3.63, 3.8) is 0 Å². The topological polar surface area (TPSA) is 55.2 Å². The van der Waals surface area contributed by atoms with Crippen molar-refractivity contribution >= 4 is 0 Å². The van der Waals surface area contributed by atoms with E-state index in [4.69, 9.17) is 4.74 Å². The van der Waals surface area contributed by atoms with Crippen LogP contribution in [0.5, 0.6) is 0 Å². The molecule has 1 atom stereocenters. The highest BCUT2D eigenvalue weighted by Gasteiger charge is 2.40. The predicted molar refractivity (Wildman–Crippen MR) is 69.6 cm³/mol. The van der Waals surface area contributed by atoms with E-state index in [1.165, 1.54) is 0 Å². The fraction of sp³-hybridized carbons (Fsp3) is 0.833. The number of ether oxygens (including phenoxy) is 1. The largest absolute Gasteiger partial charge is 0.451 e. The van der Waals surface area contributed by atoms with Crippen LogP contribution in [0.1, 0.15) is 18.6 Å². The second-order valence-corrected chi connectivity index (χ2v) is 4.98. The van der Waals surface area contributed by atoms with Crippen molar-refractivity contribution in [2.45, 2.75) is 32.2 Å². The number of likely N-dealkylation sites (N-methyl/N-ethyl adjacent to an activating group) is 1. The Morgan fingerprint density at radius 2 is 2.10 bits per heavy atom. The third-order valence-corrected chi connectivity index (χ3v) is 3.54. The van der Waals surface area contributed by atoms with Crippen LogP contribution < -0.4 is 5.32 Å². The molecule has 0 bridgehead atoms. The molecule has 2 rings (SSSR count). The maximum Gasteiger partial charge on any atom is 0.451 e. The van der Waals surface area contributed by atoms with Gasteiger partial charge in [-0.3, -0.25) is 4.90 Å². The summed E-state index contributed by atoms with van der Waals surface area (Å²) in [6.45, 7) is 5.20. The Kier molecular flexibility index (Phi) is 5.17. The number of hydrogen-bond acceptors (Lipinski definition) is 5. The van der Waals surface area contributed by atoms with E-state index in [0.29, 0.717) is 25.5 Å². The molecule has 9 heteroatoms. The zero-order valence-electron chi connectivity index (χ0n) is 12.2. The van der Waals surface area contributed by atoms with Crippen LogP contribution in [-0.2, 0) is 24.0 Å². The molecule has 1 aromatic heterocycles. The molecule has 21 heavy (non-hydrogen) atoms. The number of halogens is 3. The van der Waals surface area contributed by atoms with Gasteiger partial charge in [0, 0.05) is 32.8 Å². The number of aromatic nitrogens is 3. The van der Waals surface area contributed by atoms with E-state index >= 15 is 0 Å². The van der Waals surface area contributed by atoms with Gasteiger partial charge in [-0.1, -0.05) is 6.92 Å². The molecule has 1 unspecified atom stereocenters. The normalized spacial score (nSPS) is 17.8. The first kappa shape index (κ1) is 16.2. The summed E-state index contributed by atoms with van der Waals surface area (Å²) < 4.78 is 44.7. The maximum absolute atomic E-state index is 12.8. The van der Waals surface area contributed by atoms with Gasteiger partial charge in [0.25, 0.3) is 0 Å². The van der Waals surface area contributed by atoms with Gasteiger partial charge in [0.15, 0.2) is 0 Å². The minimum atomic E-state index is -4.46. The predicted octanol–water partition coefficient (Wildman–Crippen LogP) is 0.737. The molecule has 1 aromatic rings. The first-order valence-corrected chi connectivity index (χ1v) is 6.90. The minimum absolute atomic E-state index is 0.106. The minimum Gasteiger partial charge on any atom is -0.383 e. The zero-order valence-corrected chi connectivity index (χ0v) is 12.2. The Morgan fingerprint density at radius 1 is 1.33 bits per heavy atom. The van der Waals surface area contributed by atoms with E-state index in [2.05, 4.69) is 20.4 Å². The van der Waals surface area contributed by atoms with Crippen molar-refractivity contribution in [3.8, 4) is 0 Å².